The van der Waals surface area contributed by atoms with E-state index < -0.39 is 11.7 Å². The lowest BCUT2D eigenvalue weighted by atomic mass is 10.0. The number of alkyl carbamates (subject to hydrolysis) is 1. The van der Waals surface area contributed by atoms with Crippen LogP contribution in [-0.2, 0) is 17.9 Å². The van der Waals surface area contributed by atoms with Crippen LogP contribution in [0.25, 0.3) is 11.1 Å². The highest BCUT2D eigenvalue weighted by molar-refractivity contribution is 5.90. The molecule has 7 heteroatoms. The number of nitrogens with one attached hydrogen (secondary N) is 1. The number of carbonyl (C=O) groups excluding carboxylic acids is 2. The largest absolute Gasteiger partial charge is 0.488 e. The molecule has 0 saturated heterocycles. The molecule has 0 bridgehead atoms. The summed E-state index contributed by atoms with van der Waals surface area (Å²) in [5.74, 6) is 0.524. The van der Waals surface area contributed by atoms with E-state index in [1.54, 1.807) is 16.9 Å². The zero-order chi connectivity index (χ0) is 22.3. The first-order valence-electron chi connectivity index (χ1n) is 10.1. The van der Waals surface area contributed by atoms with E-state index in [-0.39, 0.29) is 0 Å². The lowest BCUT2D eigenvalue weighted by Gasteiger charge is -2.19. The average molecular weight is 421 g/mol. The van der Waals surface area contributed by atoms with Gasteiger partial charge >= 0.3 is 6.09 Å². The quantitative estimate of drug-likeness (QED) is 0.543. The van der Waals surface area contributed by atoms with Gasteiger partial charge in [-0.25, -0.2) is 4.79 Å². The third kappa shape index (κ3) is 6.44. The maximum Gasteiger partial charge on any atom is 0.407 e. The predicted octanol–water partition coefficient (Wildman–Crippen LogP) is 4.47. The Morgan fingerprint density at radius 1 is 1.13 bits per heavy atom. The lowest BCUT2D eigenvalue weighted by Crippen LogP contribution is -2.34. The minimum Gasteiger partial charge on any atom is -0.488 e. The van der Waals surface area contributed by atoms with Crippen LogP contribution in [0, 0.1) is 0 Å². The summed E-state index contributed by atoms with van der Waals surface area (Å²) in [6, 6.07) is 15.3. The van der Waals surface area contributed by atoms with Crippen molar-refractivity contribution in [1.82, 2.24) is 15.1 Å². The molecule has 0 aliphatic rings. The van der Waals surface area contributed by atoms with Crippen LogP contribution < -0.4 is 10.1 Å². The highest BCUT2D eigenvalue weighted by Gasteiger charge is 2.16. The van der Waals surface area contributed by atoms with Crippen LogP contribution in [0.15, 0.2) is 60.9 Å². The molecule has 0 radical (unpaired) electrons. The van der Waals surface area contributed by atoms with E-state index in [1.807, 2.05) is 69.4 Å². The van der Waals surface area contributed by atoms with Crippen molar-refractivity contribution in [3.05, 3.63) is 72.1 Å². The highest BCUT2D eigenvalue weighted by Crippen LogP contribution is 2.29. The molecule has 1 N–H and O–H groups in total. The molecule has 1 heterocycles. The second-order valence-electron chi connectivity index (χ2n) is 8.03. The fourth-order valence-electron chi connectivity index (χ4n) is 2.99. The second kappa shape index (κ2) is 9.93. The Morgan fingerprint density at radius 3 is 2.61 bits per heavy atom. The Labute approximate surface area is 182 Å². The van der Waals surface area contributed by atoms with Crippen LogP contribution in [0.2, 0.25) is 0 Å². The van der Waals surface area contributed by atoms with Gasteiger partial charge in [0.15, 0.2) is 6.29 Å². The van der Waals surface area contributed by atoms with E-state index in [9.17, 15) is 9.59 Å². The molecular weight excluding hydrogens is 394 g/mol. The third-order valence-electron chi connectivity index (χ3n) is 4.37. The van der Waals surface area contributed by atoms with Gasteiger partial charge in [-0.1, -0.05) is 42.5 Å². The topological polar surface area (TPSA) is 82.5 Å². The standard InChI is InChI=1S/C24H27N3O4/c1-24(2,3)31-23(29)25-12-13-27-15-19(14-26-27)20-10-7-11-22(21(20)16-28)30-17-18-8-5-4-6-9-18/h4-11,14-16H,12-13,17H2,1-3H3,(H,25,29). The molecule has 0 spiro atoms. The van der Waals surface area contributed by atoms with Crippen molar-refractivity contribution in [3.8, 4) is 16.9 Å². The fourth-order valence-corrected chi connectivity index (χ4v) is 2.99. The van der Waals surface area contributed by atoms with Gasteiger partial charge in [0.1, 0.15) is 18.0 Å². The Bertz CT molecular complexity index is 1020. The fraction of sp³-hybridized carbons (Fsp3) is 0.292. The number of benzene rings is 2. The first-order chi connectivity index (χ1) is 14.9. The third-order valence-corrected chi connectivity index (χ3v) is 4.37. The van der Waals surface area contributed by atoms with Crippen LogP contribution >= 0.6 is 0 Å². The molecule has 0 saturated carbocycles. The molecule has 0 aliphatic heterocycles. The monoisotopic (exact) mass is 421 g/mol. The number of amides is 1. The molecule has 2 aromatic carbocycles. The summed E-state index contributed by atoms with van der Waals surface area (Å²) in [5.41, 5.74) is 2.50. The second-order valence-corrected chi connectivity index (χ2v) is 8.03. The lowest BCUT2D eigenvalue weighted by molar-refractivity contribution is 0.0525. The Morgan fingerprint density at radius 2 is 1.90 bits per heavy atom. The van der Waals surface area contributed by atoms with Crippen LogP contribution in [0.1, 0.15) is 36.7 Å². The molecular formula is C24H27N3O4. The average Bonchev–Trinajstić information content (AvgIpc) is 3.20. The molecule has 1 aromatic heterocycles. The molecule has 0 unspecified atom stereocenters. The van der Waals surface area contributed by atoms with Gasteiger partial charge in [-0.3, -0.25) is 9.48 Å². The molecule has 0 fully saturated rings. The number of nitrogens with zero attached hydrogens (tertiary/aromatic N) is 2. The minimum atomic E-state index is -0.540. The van der Waals surface area contributed by atoms with Crippen LogP contribution in [0.4, 0.5) is 4.79 Å². The van der Waals surface area contributed by atoms with Gasteiger partial charge in [0.2, 0.25) is 0 Å². The molecule has 31 heavy (non-hydrogen) atoms. The first kappa shape index (κ1) is 22.1. The molecule has 0 aliphatic carbocycles. The summed E-state index contributed by atoms with van der Waals surface area (Å²) in [5, 5.41) is 7.03. The summed E-state index contributed by atoms with van der Waals surface area (Å²) < 4.78 is 12.8. The van der Waals surface area contributed by atoms with Gasteiger partial charge in [-0.2, -0.15) is 5.10 Å². The van der Waals surface area contributed by atoms with E-state index >= 15 is 0 Å². The van der Waals surface area contributed by atoms with E-state index in [0.717, 1.165) is 23.0 Å². The van der Waals surface area contributed by atoms with Gasteiger partial charge in [-0.15, -0.1) is 0 Å². The SMILES string of the molecule is CC(C)(C)OC(=O)NCCn1cc(-c2cccc(OCc3ccccc3)c2C=O)cn1. The maximum absolute atomic E-state index is 11.8. The van der Waals surface area contributed by atoms with Crippen molar-refractivity contribution in [2.75, 3.05) is 6.54 Å². The Kier molecular flexibility index (Phi) is 7.07. The number of carbonyl (C=O) groups is 2. The van der Waals surface area contributed by atoms with Crippen LogP contribution in [0.3, 0.4) is 0 Å². The van der Waals surface area contributed by atoms with Crippen molar-refractivity contribution in [2.24, 2.45) is 0 Å². The zero-order valence-corrected chi connectivity index (χ0v) is 18.0. The molecule has 1 amide bonds. The smallest absolute Gasteiger partial charge is 0.407 e. The number of hydrogen-bond donors (Lipinski definition) is 1. The van der Waals surface area contributed by atoms with Gasteiger partial charge < -0.3 is 14.8 Å². The summed E-state index contributed by atoms with van der Waals surface area (Å²) in [4.78, 5) is 23.6. The number of aldehydes is 1. The molecule has 7 nitrogen and oxygen atoms in total. The van der Waals surface area contributed by atoms with Crippen molar-refractivity contribution in [1.29, 1.82) is 0 Å². The van der Waals surface area contributed by atoms with E-state index in [2.05, 4.69) is 10.4 Å². The van der Waals surface area contributed by atoms with E-state index in [1.165, 1.54) is 0 Å². The maximum atomic E-state index is 11.8. The minimum absolute atomic E-state index is 0.372. The van der Waals surface area contributed by atoms with Gasteiger partial charge in [0.25, 0.3) is 0 Å². The summed E-state index contributed by atoms with van der Waals surface area (Å²) >= 11 is 0. The van der Waals surface area contributed by atoms with Crippen molar-refractivity contribution >= 4 is 12.4 Å². The Hall–Kier alpha value is -3.61. The van der Waals surface area contributed by atoms with Crippen molar-refractivity contribution in [3.63, 3.8) is 0 Å². The van der Waals surface area contributed by atoms with Crippen LogP contribution in [-0.4, -0.2) is 34.3 Å². The van der Waals surface area contributed by atoms with E-state index in [4.69, 9.17) is 9.47 Å². The Balaban J connectivity index is 1.65. The zero-order valence-electron chi connectivity index (χ0n) is 18.0. The number of rotatable bonds is 8. The summed E-state index contributed by atoms with van der Waals surface area (Å²) in [7, 11) is 0. The summed E-state index contributed by atoms with van der Waals surface area (Å²) in [6.45, 7) is 6.66. The molecule has 3 aromatic rings. The number of hydrogen-bond acceptors (Lipinski definition) is 5. The summed E-state index contributed by atoms with van der Waals surface area (Å²) in [6.07, 6.45) is 3.86. The van der Waals surface area contributed by atoms with Gasteiger partial charge in [-0.05, 0) is 38.0 Å². The molecule has 3 rings (SSSR count). The molecule has 162 valence electrons. The van der Waals surface area contributed by atoms with Gasteiger partial charge in [0.05, 0.1) is 18.3 Å². The number of aromatic nitrogens is 2. The van der Waals surface area contributed by atoms with E-state index in [0.29, 0.717) is 31.0 Å². The number of ether oxygens (including phenoxy) is 2. The predicted molar refractivity (Wildman–Crippen MR) is 118 cm³/mol. The van der Waals surface area contributed by atoms with Crippen LogP contribution in [0.5, 0.6) is 5.75 Å². The normalized spacial score (nSPS) is 11.1. The van der Waals surface area contributed by atoms with Gasteiger partial charge in [0, 0.05) is 18.3 Å². The highest BCUT2D eigenvalue weighted by atomic mass is 16.6. The van der Waals surface area contributed by atoms with Crippen molar-refractivity contribution in [2.45, 2.75) is 39.5 Å². The molecule has 0 atom stereocenters. The van der Waals surface area contributed by atoms with Crippen molar-refractivity contribution < 1.29 is 19.1 Å². The first-order valence-corrected chi connectivity index (χ1v) is 10.1.